The second-order valence-electron chi connectivity index (χ2n) is 4.34. The van der Waals surface area contributed by atoms with Crippen molar-refractivity contribution in [3.8, 4) is 0 Å². The van der Waals surface area contributed by atoms with Crippen molar-refractivity contribution in [1.82, 2.24) is 0 Å². The molecule has 0 atom stereocenters. The van der Waals surface area contributed by atoms with Crippen LogP contribution in [0.15, 0.2) is 40.9 Å². The van der Waals surface area contributed by atoms with Gasteiger partial charge in [-0.3, -0.25) is 14.9 Å². The third kappa shape index (κ3) is 3.59. The SMILES string of the molecule is Cc1cc([N+](=O)[O-])c(Cl)cc1NC(=O)c1cccc(Br)c1. The van der Waals surface area contributed by atoms with Gasteiger partial charge >= 0.3 is 0 Å². The number of benzene rings is 2. The van der Waals surface area contributed by atoms with E-state index in [1.807, 2.05) is 6.07 Å². The number of aryl methyl sites for hydroxylation is 1. The van der Waals surface area contributed by atoms with Crippen LogP contribution in [-0.2, 0) is 0 Å². The van der Waals surface area contributed by atoms with Gasteiger partial charge in [-0.05, 0) is 36.8 Å². The van der Waals surface area contributed by atoms with Gasteiger partial charge in [0.15, 0.2) is 0 Å². The van der Waals surface area contributed by atoms with E-state index in [0.29, 0.717) is 16.8 Å². The van der Waals surface area contributed by atoms with Gasteiger partial charge in [-0.2, -0.15) is 0 Å². The van der Waals surface area contributed by atoms with Crippen LogP contribution in [0.1, 0.15) is 15.9 Å². The summed E-state index contributed by atoms with van der Waals surface area (Å²) < 4.78 is 0.786. The number of halogens is 2. The van der Waals surface area contributed by atoms with Crippen molar-refractivity contribution in [2.75, 3.05) is 5.32 Å². The maximum atomic E-state index is 12.1. The van der Waals surface area contributed by atoms with Crippen LogP contribution in [0.25, 0.3) is 0 Å². The Morgan fingerprint density at radius 3 is 2.67 bits per heavy atom. The molecule has 0 aliphatic heterocycles. The number of carbonyl (C=O) groups is 1. The number of nitrogens with zero attached hydrogens (tertiary/aromatic N) is 1. The molecule has 0 heterocycles. The minimum atomic E-state index is -0.560. The second kappa shape index (κ2) is 6.24. The van der Waals surface area contributed by atoms with E-state index in [2.05, 4.69) is 21.2 Å². The van der Waals surface area contributed by atoms with Crippen LogP contribution in [0.3, 0.4) is 0 Å². The summed E-state index contributed by atoms with van der Waals surface area (Å²) in [6.45, 7) is 1.67. The molecule has 0 bridgehead atoms. The molecule has 0 saturated heterocycles. The molecule has 0 spiro atoms. The van der Waals surface area contributed by atoms with Crippen LogP contribution >= 0.6 is 27.5 Å². The molecule has 0 unspecified atom stereocenters. The highest BCUT2D eigenvalue weighted by atomic mass is 79.9. The molecule has 108 valence electrons. The van der Waals surface area contributed by atoms with Crippen LogP contribution in [0.5, 0.6) is 0 Å². The number of rotatable bonds is 3. The molecule has 0 radical (unpaired) electrons. The molecule has 0 aliphatic rings. The monoisotopic (exact) mass is 368 g/mol. The van der Waals surface area contributed by atoms with Crippen LogP contribution in [-0.4, -0.2) is 10.8 Å². The second-order valence-corrected chi connectivity index (χ2v) is 5.66. The molecule has 0 aromatic heterocycles. The van der Waals surface area contributed by atoms with Crippen molar-refractivity contribution >= 4 is 44.8 Å². The van der Waals surface area contributed by atoms with Crippen molar-refractivity contribution in [3.63, 3.8) is 0 Å². The molecule has 7 heteroatoms. The summed E-state index contributed by atoms with van der Waals surface area (Å²) in [5, 5.41) is 13.5. The minimum Gasteiger partial charge on any atom is -0.322 e. The molecule has 1 amide bonds. The van der Waals surface area contributed by atoms with E-state index in [1.54, 1.807) is 25.1 Å². The van der Waals surface area contributed by atoms with Crippen LogP contribution in [0.2, 0.25) is 5.02 Å². The van der Waals surface area contributed by atoms with Gasteiger partial charge in [0.1, 0.15) is 5.02 Å². The fraction of sp³-hybridized carbons (Fsp3) is 0.0714. The molecule has 1 N–H and O–H groups in total. The Bertz CT molecular complexity index is 734. The normalized spacial score (nSPS) is 10.2. The predicted molar refractivity (Wildman–Crippen MR) is 84.9 cm³/mol. The van der Waals surface area contributed by atoms with Gasteiger partial charge in [-0.25, -0.2) is 0 Å². The zero-order valence-electron chi connectivity index (χ0n) is 10.9. The number of hydrogen-bond donors (Lipinski definition) is 1. The number of nitrogens with one attached hydrogen (secondary N) is 1. The first-order chi connectivity index (χ1) is 9.88. The van der Waals surface area contributed by atoms with Crippen molar-refractivity contribution in [1.29, 1.82) is 0 Å². The van der Waals surface area contributed by atoms with Crippen molar-refractivity contribution in [3.05, 3.63) is 67.1 Å². The third-order valence-corrected chi connectivity index (χ3v) is 3.62. The third-order valence-electron chi connectivity index (χ3n) is 2.83. The van der Waals surface area contributed by atoms with Gasteiger partial charge in [0, 0.05) is 21.8 Å². The predicted octanol–water partition coefficient (Wildman–Crippen LogP) is 4.57. The van der Waals surface area contributed by atoms with Gasteiger partial charge in [0.25, 0.3) is 11.6 Å². The van der Waals surface area contributed by atoms with E-state index in [0.717, 1.165) is 4.47 Å². The van der Waals surface area contributed by atoms with Gasteiger partial charge in [-0.1, -0.05) is 33.6 Å². The Hall–Kier alpha value is -1.92. The van der Waals surface area contributed by atoms with E-state index >= 15 is 0 Å². The Labute approximate surface area is 134 Å². The standard InChI is InChI=1S/C14H10BrClN2O3/c1-8-5-13(18(20)21)11(16)7-12(8)17-14(19)9-3-2-4-10(15)6-9/h2-7H,1H3,(H,17,19). The molecule has 0 aliphatic carbocycles. The van der Waals surface area contributed by atoms with Crippen LogP contribution in [0, 0.1) is 17.0 Å². The molecule has 21 heavy (non-hydrogen) atoms. The lowest BCUT2D eigenvalue weighted by atomic mass is 10.1. The first kappa shape index (κ1) is 15.5. The summed E-state index contributed by atoms with van der Waals surface area (Å²) in [5.74, 6) is -0.315. The maximum Gasteiger partial charge on any atom is 0.288 e. The summed E-state index contributed by atoms with van der Waals surface area (Å²) in [4.78, 5) is 22.4. The van der Waals surface area contributed by atoms with Gasteiger partial charge in [-0.15, -0.1) is 0 Å². The topological polar surface area (TPSA) is 72.2 Å². The molecule has 0 saturated carbocycles. The summed E-state index contributed by atoms with van der Waals surface area (Å²) in [6, 6.07) is 9.61. The highest BCUT2D eigenvalue weighted by molar-refractivity contribution is 9.10. The molecule has 2 aromatic carbocycles. The first-order valence-corrected chi connectivity index (χ1v) is 7.07. The van der Waals surface area contributed by atoms with E-state index < -0.39 is 4.92 Å². The van der Waals surface area contributed by atoms with Gasteiger partial charge in [0.2, 0.25) is 0 Å². The van der Waals surface area contributed by atoms with E-state index in [4.69, 9.17) is 11.6 Å². The fourth-order valence-corrected chi connectivity index (χ4v) is 2.40. The highest BCUT2D eigenvalue weighted by Crippen LogP contribution is 2.30. The quantitative estimate of drug-likeness (QED) is 0.636. The lowest BCUT2D eigenvalue weighted by Crippen LogP contribution is -2.13. The van der Waals surface area contributed by atoms with Crippen molar-refractivity contribution in [2.24, 2.45) is 0 Å². The number of carbonyl (C=O) groups excluding carboxylic acids is 1. The highest BCUT2D eigenvalue weighted by Gasteiger charge is 2.16. The lowest BCUT2D eigenvalue weighted by molar-refractivity contribution is -0.384. The summed E-state index contributed by atoms with van der Waals surface area (Å²) >= 11 is 9.14. The Balaban J connectivity index is 2.30. The summed E-state index contributed by atoms with van der Waals surface area (Å²) in [5.41, 5.74) is 1.29. The molecule has 2 aromatic rings. The number of anilines is 1. The fourth-order valence-electron chi connectivity index (χ4n) is 1.77. The Kier molecular flexibility index (Phi) is 4.59. The number of hydrogen-bond acceptors (Lipinski definition) is 3. The molecule has 2 rings (SSSR count). The molecular weight excluding hydrogens is 360 g/mol. The molecule has 5 nitrogen and oxygen atoms in total. The lowest BCUT2D eigenvalue weighted by Gasteiger charge is -2.09. The zero-order valence-corrected chi connectivity index (χ0v) is 13.2. The summed E-state index contributed by atoms with van der Waals surface area (Å²) in [7, 11) is 0. The van der Waals surface area contributed by atoms with Crippen LogP contribution in [0.4, 0.5) is 11.4 Å². The van der Waals surface area contributed by atoms with E-state index in [9.17, 15) is 14.9 Å². The molecular formula is C14H10BrClN2O3. The smallest absolute Gasteiger partial charge is 0.288 e. The van der Waals surface area contributed by atoms with E-state index in [1.165, 1.54) is 12.1 Å². The average Bonchev–Trinajstić information content (AvgIpc) is 2.42. The summed E-state index contributed by atoms with van der Waals surface area (Å²) in [6.07, 6.45) is 0. The Morgan fingerprint density at radius 1 is 1.33 bits per heavy atom. The minimum absolute atomic E-state index is 0.0184. The maximum absolute atomic E-state index is 12.1. The van der Waals surface area contributed by atoms with Crippen molar-refractivity contribution in [2.45, 2.75) is 6.92 Å². The van der Waals surface area contributed by atoms with Crippen LogP contribution < -0.4 is 5.32 Å². The van der Waals surface area contributed by atoms with E-state index in [-0.39, 0.29) is 16.6 Å². The number of nitro benzene ring substituents is 1. The molecule has 0 fully saturated rings. The first-order valence-electron chi connectivity index (χ1n) is 5.90. The average molecular weight is 370 g/mol. The zero-order chi connectivity index (χ0) is 15.6. The number of nitro groups is 1. The van der Waals surface area contributed by atoms with Gasteiger partial charge in [0.05, 0.1) is 4.92 Å². The largest absolute Gasteiger partial charge is 0.322 e. The van der Waals surface area contributed by atoms with Crippen molar-refractivity contribution < 1.29 is 9.72 Å². The number of amides is 1. The van der Waals surface area contributed by atoms with Gasteiger partial charge < -0.3 is 5.32 Å². The Morgan fingerprint density at radius 2 is 2.05 bits per heavy atom.